The van der Waals surface area contributed by atoms with E-state index in [1.807, 2.05) is 11.8 Å². The number of carboxylic acid groups (broad SMARTS) is 1. The SMILES string of the molecule is CC(=O)N[C@H]1[C@H](OCCNC(=O)CCCCCNC(=O)CCCC[C@@H]2SC[C@@H]3NC(=O)N[C@@H]32)O[C@H](COS(=O)(=O)O)[C@H](O)[C@@H]1O[C@@H]1O[C@H](C(=O)O)[C@@H](O)[C@H](O)[C@H]1O. The minimum absolute atomic E-state index is 0.0433. The van der Waals surface area contributed by atoms with Gasteiger partial charge in [0, 0.05) is 43.9 Å². The van der Waals surface area contributed by atoms with Gasteiger partial charge in [-0.2, -0.15) is 20.2 Å². The number of thioether (sulfide) groups is 1. The molecule has 4 saturated heterocycles. The quantitative estimate of drug-likeness (QED) is 0.0283. The van der Waals surface area contributed by atoms with Crippen molar-refractivity contribution in [2.75, 3.05) is 32.1 Å². The molecule has 0 aromatic carbocycles. The summed E-state index contributed by atoms with van der Waals surface area (Å²) in [5.74, 6) is -1.91. The van der Waals surface area contributed by atoms with Crippen molar-refractivity contribution in [2.24, 2.45) is 0 Å². The maximum absolute atomic E-state index is 12.4. The second-order valence-electron chi connectivity index (χ2n) is 14.1. The molecular weight excluding hydrogens is 807 g/mol. The van der Waals surface area contributed by atoms with Crippen molar-refractivity contribution >= 4 is 51.9 Å². The summed E-state index contributed by atoms with van der Waals surface area (Å²) in [6, 6.07) is -1.28. The lowest BCUT2D eigenvalue weighted by atomic mass is 9.95. The molecule has 0 saturated carbocycles. The van der Waals surface area contributed by atoms with Gasteiger partial charge >= 0.3 is 22.4 Å². The van der Waals surface area contributed by atoms with E-state index in [-0.39, 0.29) is 49.5 Å². The number of rotatable bonds is 22. The molecule has 5 amide bonds. The van der Waals surface area contributed by atoms with Gasteiger partial charge in [-0.25, -0.2) is 13.8 Å². The summed E-state index contributed by atoms with van der Waals surface area (Å²) in [5, 5.41) is 65.4. The zero-order valence-electron chi connectivity index (χ0n) is 31.1. The van der Waals surface area contributed by atoms with Gasteiger partial charge in [-0.15, -0.1) is 0 Å². The van der Waals surface area contributed by atoms with Crippen LogP contribution in [0, 0.1) is 0 Å². The largest absolute Gasteiger partial charge is 0.479 e. The molecule has 25 heteroatoms. The van der Waals surface area contributed by atoms with Gasteiger partial charge < -0.3 is 71.1 Å². The van der Waals surface area contributed by atoms with Gasteiger partial charge in [0.1, 0.15) is 42.7 Å². The average molecular weight is 860 g/mol. The number of aliphatic hydroxyl groups is 4. The van der Waals surface area contributed by atoms with Crippen LogP contribution in [0.25, 0.3) is 0 Å². The molecule has 4 heterocycles. The third kappa shape index (κ3) is 14.1. The van der Waals surface area contributed by atoms with E-state index >= 15 is 0 Å². The number of urea groups is 1. The van der Waals surface area contributed by atoms with Gasteiger partial charge in [-0.05, 0) is 25.7 Å². The topological polar surface area (TPSA) is 347 Å². The fraction of sp³-hybridized carbons (Fsp3) is 0.844. The standard InChI is InChI=1S/C32H53N5O18S2/c1-15(38)35-22-27(54-31-26(44)24(42)25(43)28(55-31)29(45)46)23(41)17(13-52-57(48,49)50)53-30(22)51-12-11-34-20(40)8-3-2-6-10-33-19(39)9-5-4-7-18-21-16(14-56-18)36-32(47)37-21/h16-18,21-28,30-31,41-44H,2-14H2,1H3,(H,33,39)(H,34,40)(H,35,38)(H,45,46)(H2,36,37,47)(H,48,49,50)/t16-,17+,18-,21-,22+,23-,24-,25-,26+,27+,28-,30+,31+/m0/s1. The summed E-state index contributed by atoms with van der Waals surface area (Å²) in [6.07, 6.45) is -12.3. The fourth-order valence-corrected chi connectivity index (χ4v) is 8.70. The van der Waals surface area contributed by atoms with Crippen LogP contribution in [0.1, 0.15) is 58.3 Å². The zero-order valence-corrected chi connectivity index (χ0v) is 32.7. The van der Waals surface area contributed by atoms with Crippen LogP contribution in [0.2, 0.25) is 0 Å². The van der Waals surface area contributed by atoms with Gasteiger partial charge in [0.25, 0.3) is 0 Å². The first kappa shape index (κ1) is 46.7. The summed E-state index contributed by atoms with van der Waals surface area (Å²) in [4.78, 5) is 60.0. The Morgan fingerprint density at radius 2 is 1.56 bits per heavy atom. The number of nitrogens with one attached hydrogen (secondary N) is 5. The number of carboxylic acids is 1. The molecule has 4 aliphatic rings. The summed E-state index contributed by atoms with van der Waals surface area (Å²) in [5.41, 5.74) is 0. The van der Waals surface area contributed by atoms with Crippen molar-refractivity contribution in [3.63, 3.8) is 0 Å². The molecule has 0 aliphatic carbocycles. The Balaban J connectivity index is 1.18. The number of unbranched alkanes of at least 4 members (excludes halogenated alkanes) is 3. The molecule has 4 aliphatic heterocycles. The molecular formula is C32H53N5O18S2. The second-order valence-corrected chi connectivity index (χ2v) is 16.4. The molecule has 0 unspecified atom stereocenters. The minimum atomic E-state index is -5.05. The molecule has 23 nitrogen and oxygen atoms in total. The van der Waals surface area contributed by atoms with Crippen molar-refractivity contribution in [3.8, 4) is 0 Å². The smallest absolute Gasteiger partial charge is 0.397 e. The van der Waals surface area contributed by atoms with Crippen molar-refractivity contribution in [1.82, 2.24) is 26.6 Å². The Morgan fingerprint density at radius 3 is 2.23 bits per heavy atom. The summed E-state index contributed by atoms with van der Waals surface area (Å²) >= 11 is 1.84. The van der Waals surface area contributed by atoms with Crippen LogP contribution >= 0.6 is 11.8 Å². The molecule has 57 heavy (non-hydrogen) atoms. The first-order chi connectivity index (χ1) is 26.9. The molecule has 11 N–H and O–H groups in total. The number of aliphatic hydroxyl groups excluding tert-OH is 4. The number of aliphatic carboxylic acids is 1. The minimum Gasteiger partial charge on any atom is -0.479 e. The van der Waals surface area contributed by atoms with Gasteiger partial charge in [-0.3, -0.25) is 18.9 Å². The third-order valence-electron chi connectivity index (χ3n) is 9.72. The van der Waals surface area contributed by atoms with Gasteiger partial charge in [0.05, 0.1) is 25.3 Å². The van der Waals surface area contributed by atoms with Crippen LogP contribution in [0.3, 0.4) is 0 Å². The van der Waals surface area contributed by atoms with E-state index in [1.165, 1.54) is 0 Å². The number of fused-ring (bicyclic) bond motifs is 1. The number of ether oxygens (including phenoxy) is 4. The maximum atomic E-state index is 12.4. The summed E-state index contributed by atoms with van der Waals surface area (Å²) in [7, 11) is -5.05. The van der Waals surface area contributed by atoms with E-state index in [0.29, 0.717) is 37.5 Å². The van der Waals surface area contributed by atoms with E-state index in [0.717, 1.165) is 31.9 Å². The second kappa shape index (κ2) is 21.9. The number of carbonyl (C=O) groups is 5. The van der Waals surface area contributed by atoms with E-state index in [1.54, 1.807) is 0 Å². The zero-order chi connectivity index (χ0) is 41.9. The van der Waals surface area contributed by atoms with Crippen LogP contribution in [-0.2, 0) is 52.7 Å². The van der Waals surface area contributed by atoms with Gasteiger partial charge in [0.2, 0.25) is 17.7 Å². The maximum Gasteiger partial charge on any atom is 0.397 e. The van der Waals surface area contributed by atoms with Crippen molar-refractivity contribution in [2.45, 2.75) is 137 Å². The Bertz CT molecular complexity index is 1500. The highest BCUT2D eigenvalue weighted by Crippen LogP contribution is 2.33. The molecule has 4 fully saturated rings. The number of carbonyl (C=O) groups excluding carboxylic acids is 4. The van der Waals surface area contributed by atoms with Crippen LogP contribution in [0.5, 0.6) is 0 Å². The fourth-order valence-electron chi connectivity index (χ4n) is 6.85. The Hall–Kier alpha value is -2.95. The monoisotopic (exact) mass is 859 g/mol. The Kier molecular flexibility index (Phi) is 17.9. The molecule has 326 valence electrons. The number of hydrogen-bond donors (Lipinski definition) is 11. The highest BCUT2D eigenvalue weighted by atomic mass is 32.3. The van der Waals surface area contributed by atoms with Crippen LogP contribution in [0.15, 0.2) is 0 Å². The molecule has 0 aromatic heterocycles. The highest BCUT2D eigenvalue weighted by Gasteiger charge is 2.53. The highest BCUT2D eigenvalue weighted by molar-refractivity contribution is 8.00. The van der Waals surface area contributed by atoms with E-state index in [2.05, 4.69) is 30.8 Å². The van der Waals surface area contributed by atoms with Crippen LogP contribution < -0.4 is 26.6 Å². The molecule has 13 atom stereocenters. The molecule has 4 rings (SSSR count). The van der Waals surface area contributed by atoms with E-state index in [4.69, 9.17) is 23.5 Å². The number of hydrogen-bond acceptors (Lipinski definition) is 17. The van der Waals surface area contributed by atoms with Crippen molar-refractivity contribution in [3.05, 3.63) is 0 Å². The van der Waals surface area contributed by atoms with Gasteiger partial charge in [0.15, 0.2) is 18.7 Å². The Morgan fingerprint density at radius 1 is 0.877 bits per heavy atom. The lowest BCUT2D eigenvalue weighted by Gasteiger charge is -2.47. The third-order valence-corrected chi connectivity index (χ3v) is 11.7. The molecule has 0 radical (unpaired) electrons. The average Bonchev–Trinajstić information content (AvgIpc) is 3.69. The van der Waals surface area contributed by atoms with Crippen LogP contribution in [-0.4, -0.2) is 179 Å². The molecule has 0 bridgehead atoms. The first-order valence-electron chi connectivity index (χ1n) is 18.6. The number of amides is 5. The van der Waals surface area contributed by atoms with E-state index in [9.17, 15) is 57.9 Å². The van der Waals surface area contributed by atoms with Crippen LogP contribution in [0.4, 0.5) is 4.79 Å². The molecule has 0 spiro atoms. The van der Waals surface area contributed by atoms with Gasteiger partial charge in [-0.1, -0.05) is 12.8 Å². The van der Waals surface area contributed by atoms with E-state index < -0.39 is 90.2 Å². The molecule has 0 aromatic rings. The summed E-state index contributed by atoms with van der Waals surface area (Å²) in [6.45, 7) is 0.189. The lowest BCUT2D eigenvalue weighted by Crippen LogP contribution is -2.68. The predicted octanol–water partition coefficient (Wildman–Crippen LogP) is -3.79. The first-order valence-corrected chi connectivity index (χ1v) is 21.0. The Labute approximate surface area is 332 Å². The van der Waals surface area contributed by atoms with Crippen molar-refractivity contribution in [1.29, 1.82) is 0 Å². The summed E-state index contributed by atoms with van der Waals surface area (Å²) < 4.78 is 58.1. The lowest BCUT2D eigenvalue weighted by molar-refractivity contribution is -0.339. The van der Waals surface area contributed by atoms with Crippen molar-refractivity contribution < 1.29 is 85.6 Å². The predicted molar refractivity (Wildman–Crippen MR) is 193 cm³/mol. The normalized spacial score (nSPS) is 33.8.